The van der Waals surface area contributed by atoms with Gasteiger partial charge in [0.2, 0.25) is 0 Å². The number of hydrogen-bond donors (Lipinski definition) is 2. The predicted molar refractivity (Wildman–Crippen MR) is 75.4 cm³/mol. The molecule has 106 valence electrons. The zero-order valence-corrected chi connectivity index (χ0v) is 11.4. The number of amides is 1. The van der Waals surface area contributed by atoms with Gasteiger partial charge < -0.3 is 20.0 Å². The molecule has 0 aliphatic rings. The van der Waals surface area contributed by atoms with Crippen molar-refractivity contribution in [1.29, 1.82) is 0 Å². The SMILES string of the molecule is CC(CN)N(C)C(=O)c1ccc(-c2ccco2)[nH]c1=O. The van der Waals surface area contributed by atoms with Crippen molar-refractivity contribution in [3.63, 3.8) is 0 Å². The summed E-state index contributed by atoms with van der Waals surface area (Å²) in [7, 11) is 1.62. The quantitative estimate of drug-likeness (QED) is 0.872. The first kappa shape index (κ1) is 14.1. The molecule has 0 saturated heterocycles. The fourth-order valence-electron chi connectivity index (χ4n) is 1.77. The third-order valence-corrected chi connectivity index (χ3v) is 3.25. The van der Waals surface area contributed by atoms with Crippen molar-refractivity contribution in [3.8, 4) is 11.5 Å². The molecule has 1 amide bonds. The number of aromatic nitrogens is 1. The van der Waals surface area contributed by atoms with Crippen LogP contribution in [0.5, 0.6) is 0 Å². The van der Waals surface area contributed by atoms with Crippen LogP contribution in [0.1, 0.15) is 17.3 Å². The van der Waals surface area contributed by atoms with Crippen LogP contribution in [0.3, 0.4) is 0 Å². The van der Waals surface area contributed by atoms with Crippen molar-refractivity contribution in [2.45, 2.75) is 13.0 Å². The lowest BCUT2D eigenvalue weighted by Gasteiger charge is -2.23. The number of pyridine rings is 1. The monoisotopic (exact) mass is 275 g/mol. The maximum atomic E-state index is 12.2. The summed E-state index contributed by atoms with van der Waals surface area (Å²) >= 11 is 0. The molecule has 2 aromatic rings. The third-order valence-electron chi connectivity index (χ3n) is 3.25. The average Bonchev–Trinajstić information content (AvgIpc) is 2.99. The number of nitrogens with zero attached hydrogens (tertiary/aromatic N) is 1. The summed E-state index contributed by atoms with van der Waals surface area (Å²) in [5.74, 6) is 0.194. The fraction of sp³-hybridized carbons (Fsp3) is 0.286. The summed E-state index contributed by atoms with van der Waals surface area (Å²) in [4.78, 5) is 28.3. The van der Waals surface area contributed by atoms with E-state index in [1.54, 1.807) is 25.2 Å². The van der Waals surface area contributed by atoms with Gasteiger partial charge >= 0.3 is 0 Å². The molecule has 0 saturated carbocycles. The maximum absolute atomic E-state index is 12.2. The molecule has 2 heterocycles. The molecule has 2 rings (SSSR count). The van der Waals surface area contributed by atoms with Gasteiger partial charge in [-0.05, 0) is 31.2 Å². The summed E-state index contributed by atoms with van der Waals surface area (Å²) in [6.07, 6.45) is 1.52. The summed E-state index contributed by atoms with van der Waals surface area (Å²) in [6.45, 7) is 2.16. The zero-order chi connectivity index (χ0) is 14.7. The molecular weight excluding hydrogens is 258 g/mol. The Bertz CT molecular complexity index is 646. The van der Waals surface area contributed by atoms with Gasteiger partial charge in [0.05, 0.1) is 12.0 Å². The number of furan rings is 1. The summed E-state index contributed by atoms with van der Waals surface area (Å²) in [6, 6.07) is 6.47. The number of likely N-dealkylation sites (N-methyl/N-ethyl adjacent to an activating group) is 1. The number of aromatic amines is 1. The van der Waals surface area contributed by atoms with E-state index in [2.05, 4.69) is 4.98 Å². The molecule has 1 atom stereocenters. The van der Waals surface area contributed by atoms with Gasteiger partial charge in [-0.2, -0.15) is 0 Å². The minimum Gasteiger partial charge on any atom is -0.463 e. The molecule has 6 nitrogen and oxygen atoms in total. The summed E-state index contributed by atoms with van der Waals surface area (Å²) < 4.78 is 5.20. The Labute approximate surface area is 116 Å². The van der Waals surface area contributed by atoms with E-state index < -0.39 is 5.56 Å². The maximum Gasteiger partial charge on any atom is 0.261 e. The fourth-order valence-corrected chi connectivity index (χ4v) is 1.77. The molecule has 1 unspecified atom stereocenters. The van der Waals surface area contributed by atoms with E-state index in [9.17, 15) is 9.59 Å². The molecule has 0 radical (unpaired) electrons. The molecule has 3 N–H and O–H groups in total. The molecule has 0 bridgehead atoms. The molecule has 0 fully saturated rings. The molecule has 0 aliphatic heterocycles. The highest BCUT2D eigenvalue weighted by molar-refractivity contribution is 5.94. The number of H-pyrrole nitrogens is 1. The van der Waals surface area contributed by atoms with Gasteiger partial charge in [-0.15, -0.1) is 0 Å². The van der Waals surface area contributed by atoms with Gasteiger partial charge in [0.25, 0.3) is 11.5 Å². The van der Waals surface area contributed by atoms with E-state index in [4.69, 9.17) is 10.2 Å². The van der Waals surface area contributed by atoms with Crippen LogP contribution in [0.4, 0.5) is 0 Å². The lowest BCUT2D eigenvalue weighted by atomic mass is 10.2. The number of carbonyl (C=O) groups is 1. The molecule has 20 heavy (non-hydrogen) atoms. The lowest BCUT2D eigenvalue weighted by Crippen LogP contribution is -2.41. The van der Waals surface area contributed by atoms with Crippen LogP contribution in [-0.2, 0) is 0 Å². The van der Waals surface area contributed by atoms with Gasteiger partial charge in [-0.3, -0.25) is 9.59 Å². The first-order valence-corrected chi connectivity index (χ1v) is 6.29. The Kier molecular flexibility index (Phi) is 4.05. The van der Waals surface area contributed by atoms with E-state index in [1.165, 1.54) is 17.2 Å². The molecule has 6 heteroatoms. The smallest absolute Gasteiger partial charge is 0.261 e. The van der Waals surface area contributed by atoms with E-state index in [0.29, 0.717) is 18.0 Å². The minimum absolute atomic E-state index is 0.0862. The Morgan fingerprint density at radius 1 is 1.45 bits per heavy atom. The second-order valence-corrected chi connectivity index (χ2v) is 4.59. The van der Waals surface area contributed by atoms with Crippen molar-refractivity contribution in [1.82, 2.24) is 9.88 Å². The van der Waals surface area contributed by atoms with Gasteiger partial charge in [0.15, 0.2) is 0 Å². The molecule has 0 spiro atoms. The van der Waals surface area contributed by atoms with Crippen molar-refractivity contribution in [2.75, 3.05) is 13.6 Å². The number of nitrogens with two attached hydrogens (primary N) is 1. The molecular formula is C14H17N3O3. The van der Waals surface area contributed by atoms with E-state index in [-0.39, 0.29) is 17.5 Å². The number of rotatable bonds is 4. The number of carbonyl (C=O) groups excluding carboxylic acids is 1. The van der Waals surface area contributed by atoms with Gasteiger partial charge in [0.1, 0.15) is 11.3 Å². The first-order valence-electron chi connectivity index (χ1n) is 6.29. The highest BCUT2D eigenvalue weighted by atomic mass is 16.3. The summed E-state index contributed by atoms with van der Waals surface area (Å²) in [5, 5.41) is 0. The van der Waals surface area contributed by atoms with Crippen molar-refractivity contribution < 1.29 is 9.21 Å². The van der Waals surface area contributed by atoms with E-state index in [1.807, 2.05) is 6.92 Å². The Hall–Kier alpha value is -2.34. The van der Waals surface area contributed by atoms with Crippen LogP contribution in [0.2, 0.25) is 0 Å². The van der Waals surface area contributed by atoms with Gasteiger partial charge in [-0.1, -0.05) is 0 Å². The number of hydrogen-bond acceptors (Lipinski definition) is 4. The predicted octanol–water partition coefficient (Wildman–Crippen LogP) is 1.05. The van der Waals surface area contributed by atoms with Crippen molar-refractivity contribution in [3.05, 3.63) is 46.4 Å². The zero-order valence-electron chi connectivity index (χ0n) is 11.4. The largest absolute Gasteiger partial charge is 0.463 e. The normalized spacial score (nSPS) is 12.2. The molecule has 0 aliphatic carbocycles. The topological polar surface area (TPSA) is 92.3 Å². The van der Waals surface area contributed by atoms with Gasteiger partial charge in [0, 0.05) is 19.6 Å². The highest BCUT2D eigenvalue weighted by Gasteiger charge is 2.19. The third kappa shape index (κ3) is 2.65. The Balaban J connectivity index is 2.31. The second-order valence-electron chi connectivity index (χ2n) is 4.59. The Morgan fingerprint density at radius 3 is 2.75 bits per heavy atom. The second kappa shape index (κ2) is 5.75. The molecule has 2 aromatic heterocycles. The minimum atomic E-state index is -0.444. The lowest BCUT2D eigenvalue weighted by molar-refractivity contribution is 0.0746. The van der Waals surface area contributed by atoms with Crippen LogP contribution in [0.25, 0.3) is 11.5 Å². The van der Waals surface area contributed by atoms with Gasteiger partial charge in [-0.25, -0.2) is 0 Å². The standard InChI is InChI=1S/C14H17N3O3/c1-9(8-15)17(2)14(19)10-5-6-11(16-13(10)18)12-4-3-7-20-12/h3-7,9H,8,15H2,1-2H3,(H,16,18). The van der Waals surface area contributed by atoms with Crippen LogP contribution >= 0.6 is 0 Å². The van der Waals surface area contributed by atoms with E-state index in [0.717, 1.165) is 0 Å². The summed E-state index contributed by atoms with van der Waals surface area (Å²) in [5.41, 5.74) is 5.70. The van der Waals surface area contributed by atoms with Crippen molar-refractivity contribution in [2.24, 2.45) is 5.73 Å². The Morgan fingerprint density at radius 2 is 2.20 bits per heavy atom. The van der Waals surface area contributed by atoms with Crippen molar-refractivity contribution >= 4 is 5.91 Å². The van der Waals surface area contributed by atoms with E-state index >= 15 is 0 Å². The average molecular weight is 275 g/mol. The molecule has 0 aromatic carbocycles. The highest BCUT2D eigenvalue weighted by Crippen LogP contribution is 2.16. The van der Waals surface area contributed by atoms with Crippen LogP contribution in [-0.4, -0.2) is 35.4 Å². The van der Waals surface area contributed by atoms with Crippen LogP contribution < -0.4 is 11.3 Å². The van der Waals surface area contributed by atoms with Crippen LogP contribution in [0, 0.1) is 0 Å². The van der Waals surface area contributed by atoms with Crippen LogP contribution in [0.15, 0.2) is 39.7 Å². The number of nitrogens with one attached hydrogen (secondary N) is 1. The first-order chi connectivity index (χ1) is 9.54.